The van der Waals surface area contributed by atoms with E-state index >= 15 is 0 Å². The topological polar surface area (TPSA) is 79.9 Å². The summed E-state index contributed by atoms with van der Waals surface area (Å²) in [6.07, 6.45) is 5.12. The van der Waals surface area contributed by atoms with E-state index in [4.69, 9.17) is 9.47 Å². The van der Waals surface area contributed by atoms with Crippen LogP contribution in [0.15, 0.2) is 18.2 Å². The van der Waals surface area contributed by atoms with Crippen LogP contribution in [0.25, 0.3) is 0 Å². The summed E-state index contributed by atoms with van der Waals surface area (Å²) in [5, 5.41) is 5.99. The molecule has 0 aromatic heterocycles. The average molecular weight is 387 g/mol. The molecule has 2 N–H and O–H groups in total. The molecule has 3 aliphatic rings. The molecule has 1 aliphatic carbocycles. The Bertz CT molecular complexity index is 734. The van der Waals surface area contributed by atoms with Crippen molar-refractivity contribution in [3.8, 4) is 11.5 Å². The van der Waals surface area contributed by atoms with E-state index in [9.17, 15) is 9.59 Å². The number of hydrogen-bond donors (Lipinski definition) is 2. The molecule has 1 saturated carbocycles. The lowest BCUT2D eigenvalue weighted by Gasteiger charge is -2.30. The number of carbonyl (C=O) groups is 2. The first-order valence-electron chi connectivity index (χ1n) is 10.2. The third-order valence-electron chi connectivity index (χ3n) is 5.87. The molecule has 2 heterocycles. The van der Waals surface area contributed by atoms with Gasteiger partial charge < -0.3 is 20.1 Å². The molecule has 0 bridgehead atoms. The van der Waals surface area contributed by atoms with E-state index < -0.39 is 0 Å². The van der Waals surface area contributed by atoms with E-state index in [-0.39, 0.29) is 24.6 Å². The summed E-state index contributed by atoms with van der Waals surface area (Å²) in [5.74, 6) is 2.33. The number of amides is 2. The van der Waals surface area contributed by atoms with Gasteiger partial charge in [0.25, 0.3) is 0 Å². The number of nitrogens with zero attached hydrogens (tertiary/aromatic N) is 1. The van der Waals surface area contributed by atoms with Gasteiger partial charge in [-0.2, -0.15) is 0 Å². The highest BCUT2D eigenvalue weighted by Gasteiger charge is 2.37. The Balaban J connectivity index is 1.29. The summed E-state index contributed by atoms with van der Waals surface area (Å²) in [7, 11) is 0. The van der Waals surface area contributed by atoms with Crippen molar-refractivity contribution in [3.05, 3.63) is 23.8 Å². The molecule has 7 heteroatoms. The van der Waals surface area contributed by atoms with E-state index in [1.807, 2.05) is 18.2 Å². The van der Waals surface area contributed by atoms with Gasteiger partial charge in [-0.3, -0.25) is 14.5 Å². The summed E-state index contributed by atoms with van der Waals surface area (Å²) in [4.78, 5) is 26.3. The number of hydrogen-bond acceptors (Lipinski definition) is 5. The van der Waals surface area contributed by atoms with Crippen LogP contribution >= 0.6 is 0 Å². The van der Waals surface area contributed by atoms with Gasteiger partial charge in [0, 0.05) is 45.1 Å². The van der Waals surface area contributed by atoms with Gasteiger partial charge in [0.15, 0.2) is 11.5 Å². The zero-order valence-corrected chi connectivity index (χ0v) is 16.4. The predicted octanol–water partition coefficient (Wildman–Crippen LogP) is 1.80. The molecule has 2 atom stereocenters. The third kappa shape index (κ3) is 4.76. The van der Waals surface area contributed by atoms with Crippen molar-refractivity contribution in [1.82, 2.24) is 15.5 Å². The SMILES string of the molecule is CC(=O)NC[C@@H]1CC[C@H](CC(=O)NCc2ccc3c(c2)OCO3)N1CC1CC1. The standard InChI is InChI=1S/C21H29N3O4/c1-14(25)22-11-18-6-5-17(24(18)12-15-2-3-15)9-21(26)23-10-16-4-7-19-20(8-16)28-13-27-19/h4,7-8,15,17-18H,2-3,5-6,9-13H2,1H3,(H,22,25)(H,23,26)/t17-,18+/m1/s1. The van der Waals surface area contributed by atoms with Crippen LogP contribution < -0.4 is 20.1 Å². The molecule has 0 radical (unpaired) electrons. The fourth-order valence-electron chi connectivity index (χ4n) is 4.15. The number of nitrogens with one attached hydrogen (secondary N) is 2. The Morgan fingerprint density at radius 3 is 2.64 bits per heavy atom. The Hall–Kier alpha value is -2.28. The van der Waals surface area contributed by atoms with Crippen LogP contribution in [0.1, 0.15) is 44.6 Å². The highest BCUT2D eigenvalue weighted by molar-refractivity contribution is 5.76. The Morgan fingerprint density at radius 1 is 1.07 bits per heavy atom. The number of carbonyl (C=O) groups excluding carboxylic acids is 2. The van der Waals surface area contributed by atoms with Gasteiger partial charge in [-0.15, -0.1) is 0 Å². The summed E-state index contributed by atoms with van der Waals surface area (Å²) in [6, 6.07) is 6.35. The van der Waals surface area contributed by atoms with Crippen LogP contribution in [0, 0.1) is 5.92 Å². The summed E-state index contributed by atoms with van der Waals surface area (Å²) in [6.45, 7) is 4.02. The van der Waals surface area contributed by atoms with Crippen molar-refractivity contribution >= 4 is 11.8 Å². The summed E-state index contributed by atoms with van der Waals surface area (Å²) >= 11 is 0. The minimum atomic E-state index is 0.0105. The number of fused-ring (bicyclic) bond motifs is 1. The van der Waals surface area contributed by atoms with Crippen LogP contribution in [0.2, 0.25) is 0 Å². The van der Waals surface area contributed by atoms with Gasteiger partial charge in [-0.1, -0.05) is 6.07 Å². The van der Waals surface area contributed by atoms with Crippen molar-refractivity contribution in [2.45, 2.75) is 57.7 Å². The monoisotopic (exact) mass is 387 g/mol. The molecule has 2 fully saturated rings. The van der Waals surface area contributed by atoms with Gasteiger partial charge in [0.1, 0.15) is 0 Å². The van der Waals surface area contributed by atoms with Gasteiger partial charge in [-0.05, 0) is 49.3 Å². The Kier molecular flexibility index (Phi) is 5.71. The van der Waals surface area contributed by atoms with E-state index in [2.05, 4.69) is 15.5 Å². The molecule has 2 amide bonds. The first kappa shape index (κ1) is 19.1. The van der Waals surface area contributed by atoms with Crippen LogP contribution in [-0.2, 0) is 16.1 Å². The third-order valence-corrected chi connectivity index (χ3v) is 5.87. The fraction of sp³-hybridized carbons (Fsp3) is 0.619. The lowest BCUT2D eigenvalue weighted by atomic mass is 10.1. The molecule has 28 heavy (non-hydrogen) atoms. The second kappa shape index (κ2) is 8.39. The van der Waals surface area contributed by atoms with Crippen molar-refractivity contribution < 1.29 is 19.1 Å². The first-order chi connectivity index (χ1) is 13.6. The molecule has 7 nitrogen and oxygen atoms in total. The van der Waals surface area contributed by atoms with Crippen LogP contribution in [0.3, 0.4) is 0 Å². The molecule has 2 aliphatic heterocycles. The molecular formula is C21H29N3O4. The van der Waals surface area contributed by atoms with Gasteiger partial charge in [-0.25, -0.2) is 0 Å². The highest BCUT2D eigenvalue weighted by atomic mass is 16.7. The van der Waals surface area contributed by atoms with Crippen molar-refractivity contribution in [3.63, 3.8) is 0 Å². The summed E-state index contributed by atoms with van der Waals surface area (Å²) < 4.78 is 10.7. The van der Waals surface area contributed by atoms with Crippen molar-refractivity contribution in [2.24, 2.45) is 5.92 Å². The molecular weight excluding hydrogens is 358 g/mol. The number of benzene rings is 1. The number of rotatable bonds is 8. The second-order valence-electron chi connectivity index (χ2n) is 8.13. The van der Waals surface area contributed by atoms with Crippen molar-refractivity contribution in [2.75, 3.05) is 19.9 Å². The van der Waals surface area contributed by atoms with Crippen LogP contribution in [0.4, 0.5) is 0 Å². The molecule has 0 unspecified atom stereocenters. The zero-order valence-electron chi connectivity index (χ0n) is 16.4. The maximum atomic E-state index is 12.6. The van der Waals surface area contributed by atoms with Crippen LogP contribution in [0.5, 0.6) is 11.5 Å². The van der Waals surface area contributed by atoms with E-state index in [0.29, 0.717) is 25.6 Å². The molecule has 4 rings (SSSR count). The van der Waals surface area contributed by atoms with E-state index in [0.717, 1.165) is 42.4 Å². The number of likely N-dealkylation sites (tertiary alicyclic amines) is 1. The fourth-order valence-corrected chi connectivity index (χ4v) is 4.15. The van der Waals surface area contributed by atoms with Gasteiger partial charge in [0.2, 0.25) is 18.6 Å². The van der Waals surface area contributed by atoms with Gasteiger partial charge >= 0.3 is 0 Å². The predicted molar refractivity (Wildman–Crippen MR) is 104 cm³/mol. The van der Waals surface area contributed by atoms with E-state index in [1.54, 1.807) is 6.92 Å². The zero-order chi connectivity index (χ0) is 19.5. The quantitative estimate of drug-likeness (QED) is 0.711. The normalized spacial score (nSPS) is 23.6. The number of ether oxygens (including phenoxy) is 2. The lowest BCUT2D eigenvalue weighted by Crippen LogP contribution is -2.45. The molecule has 152 valence electrons. The Labute approximate surface area is 165 Å². The van der Waals surface area contributed by atoms with Crippen LogP contribution in [-0.4, -0.2) is 48.7 Å². The molecule has 1 aromatic rings. The Morgan fingerprint density at radius 2 is 1.86 bits per heavy atom. The summed E-state index contributed by atoms with van der Waals surface area (Å²) in [5.41, 5.74) is 1.00. The van der Waals surface area contributed by atoms with Crippen molar-refractivity contribution in [1.29, 1.82) is 0 Å². The highest BCUT2D eigenvalue weighted by Crippen LogP contribution is 2.35. The average Bonchev–Trinajstić information content (AvgIpc) is 3.24. The molecule has 1 aromatic carbocycles. The second-order valence-corrected chi connectivity index (χ2v) is 8.13. The van der Waals surface area contributed by atoms with E-state index in [1.165, 1.54) is 12.8 Å². The molecule has 1 saturated heterocycles. The molecule has 0 spiro atoms. The smallest absolute Gasteiger partial charge is 0.231 e. The minimum absolute atomic E-state index is 0.0105. The lowest BCUT2D eigenvalue weighted by molar-refractivity contribution is -0.122. The first-order valence-corrected chi connectivity index (χ1v) is 10.2. The largest absolute Gasteiger partial charge is 0.454 e. The van der Waals surface area contributed by atoms with Gasteiger partial charge in [0.05, 0.1) is 0 Å². The maximum Gasteiger partial charge on any atom is 0.231 e. The minimum Gasteiger partial charge on any atom is -0.454 e. The maximum absolute atomic E-state index is 12.6.